The van der Waals surface area contributed by atoms with Crippen molar-refractivity contribution in [3.8, 4) is 0 Å². The molecule has 118 valence electrons. The molecule has 2 rings (SSSR count). The van der Waals surface area contributed by atoms with E-state index in [0.717, 1.165) is 12.8 Å². The highest BCUT2D eigenvalue weighted by atomic mass is 19.4. The molecule has 1 saturated heterocycles. The zero-order valence-electron chi connectivity index (χ0n) is 12.2. The van der Waals surface area contributed by atoms with Gasteiger partial charge in [-0.05, 0) is 31.2 Å². The van der Waals surface area contributed by atoms with Gasteiger partial charge in [0.1, 0.15) is 0 Å². The summed E-state index contributed by atoms with van der Waals surface area (Å²) >= 11 is 0. The SMILES string of the molecule is CC(NC(CC(F)(F)F)c1ccccc1)C1CCOCC1. The highest BCUT2D eigenvalue weighted by molar-refractivity contribution is 5.19. The summed E-state index contributed by atoms with van der Waals surface area (Å²) in [5, 5.41) is 3.18. The van der Waals surface area contributed by atoms with E-state index in [2.05, 4.69) is 5.32 Å². The Bertz CT molecular complexity index is 415. The van der Waals surface area contributed by atoms with Gasteiger partial charge in [-0.15, -0.1) is 0 Å². The molecule has 1 aromatic carbocycles. The molecule has 1 aliphatic heterocycles. The number of benzene rings is 1. The van der Waals surface area contributed by atoms with Gasteiger partial charge in [0.2, 0.25) is 0 Å². The van der Waals surface area contributed by atoms with Crippen molar-refractivity contribution in [2.75, 3.05) is 13.2 Å². The average molecular weight is 301 g/mol. The summed E-state index contributed by atoms with van der Waals surface area (Å²) in [6.07, 6.45) is -3.21. The van der Waals surface area contributed by atoms with Crippen molar-refractivity contribution >= 4 is 0 Å². The van der Waals surface area contributed by atoms with Crippen LogP contribution in [0.1, 0.15) is 37.8 Å². The summed E-state index contributed by atoms with van der Waals surface area (Å²) in [7, 11) is 0. The molecule has 0 aromatic heterocycles. The van der Waals surface area contributed by atoms with E-state index in [9.17, 15) is 13.2 Å². The predicted octanol–water partition coefficient (Wildman–Crippen LogP) is 4.08. The van der Waals surface area contributed by atoms with Crippen LogP contribution in [0, 0.1) is 5.92 Å². The summed E-state index contributed by atoms with van der Waals surface area (Å²) in [4.78, 5) is 0. The summed E-state index contributed by atoms with van der Waals surface area (Å²) < 4.78 is 43.8. The molecule has 1 fully saturated rings. The fourth-order valence-corrected chi connectivity index (χ4v) is 2.86. The fourth-order valence-electron chi connectivity index (χ4n) is 2.86. The molecule has 0 radical (unpaired) electrons. The van der Waals surface area contributed by atoms with Crippen LogP contribution in [0.25, 0.3) is 0 Å². The lowest BCUT2D eigenvalue weighted by molar-refractivity contribution is -0.141. The molecule has 1 aromatic rings. The van der Waals surface area contributed by atoms with Crippen LogP contribution >= 0.6 is 0 Å². The third-order valence-corrected chi connectivity index (χ3v) is 4.07. The van der Waals surface area contributed by atoms with Crippen LogP contribution in [-0.2, 0) is 4.74 Å². The molecule has 0 aliphatic carbocycles. The molecule has 0 saturated carbocycles. The van der Waals surface area contributed by atoms with Crippen molar-refractivity contribution in [3.05, 3.63) is 35.9 Å². The number of nitrogens with one attached hydrogen (secondary N) is 1. The number of halogens is 3. The van der Waals surface area contributed by atoms with Crippen LogP contribution in [0.3, 0.4) is 0 Å². The van der Waals surface area contributed by atoms with E-state index >= 15 is 0 Å². The predicted molar refractivity (Wildman–Crippen MR) is 76.0 cm³/mol. The maximum absolute atomic E-state index is 12.8. The molecule has 0 bridgehead atoms. The Morgan fingerprint density at radius 2 is 1.81 bits per heavy atom. The van der Waals surface area contributed by atoms with Gasteiger partial charge >= 0.3 is 6.18 Å². The first-order chi connectivity index (χ1) is 9.96. The number of hydrogen-bond donors (Lipinski definition) is 1. The fraction of sp³-hybridized carbons (Fsp3) is 0.625. The Kier molecular flexibility index (Phi) is 5.65. The normalized spacial score (nSPS) is 20.2. The second kappa shape index (κ2) is 7.27. The van der Waals surface area contributed by atoms with Gasteiger partial charge in [-0.3, -0.25) is 0 Å². The summed E-state index contributed by atoms with van der Waals surface area (Å²) in [5.74, 6) is 0.373. The minimum atomic E-state index is -4.18. The molecule has 2 atom stereocenters. The lowest BCUT2D eigenvalue weighted by Gasteiger charge is -2.32. The lowest BCUT2D eigenvalue weighted by Crippen LogP contribution is -2.40. The minimum absolute atomic E-state index is 0.0430. The second-order valence-electron chi connectivity index (χ2n) is 5.69. The van der Waals surface area contributed by atoms with E-state index in [1.165, 1.54) is 0 Å². The maximum atomic E-state index is 12.8. The van der Waals surface area contributed by atoms with Gasteiger partial charge in [-0.2, -0.15) is 13.2 Å². The van der Waals surface area contributed by atoms with Gasteiger partial charge < -0.3 is 10.1 Å². The average Bonchev–Trinajstić information content (AvgIpc) is 2.47. The van der Waals surface area contributed by atoms with E-state index in [-0.39, 0.29) is 6.04 Å². The maximum Gasteiger partial charge on any atom is 0.390 e. The molecule has 2 unspecified atom stereocenters. The first-order valence-corrected chi connectivity index (χ1v) is 7.41. The number of hydrogen-bond acceptors (Lipinski definition) is 2. The largest absolute Gasteiger partial charge is 0.390 e. The van der Waals surface area contributed by atoms with Crippen LogP contribution in [0.15, 0.2) is 30.3 Å². The topological polar surface area (TPSA) is 21.3 Å². The number of alkyl halides is 3. The second-order valence-corrected chi connectivity index (χ2v) is 5.69. The first-order valence-electron chi connectivity index (χ1n) is 7.41. The molecule has 1 aliphatic rings. The van der Waals surface area contributed by atoms with Crippen LogP contribution < -0.4 is 5.32 Å². The Balaban J connectivity index is 2.04. The lowest BCUT2D eigenvalue weighted by atomic mass is 9.91. The van der Waals surface area contributed by atoms with Crippen molar-refractivity contribution in [3.63, 3.8) is 0 Å². The third-order valence-electron chi connectivity index (χ3n) is 4.07. The van der Waals surface area contributed by atoms with Gasteiger partial charge in [0.05, 0.1) is 6.42 Å². The van der Waals surface area contributed by atoms with Crippen molar-refractivity contribution in [2.24, 2.45) is 5.92 Å². The van der Waals surface area contributed by atoms with E-state index in [0.29, 0.717) is 24.7 Å². The molecule has 5 heteroatoms. The summed E-state index contributed by atoms with van der Waals surface area (Å²) in [6, 6.07) is 8.22. The zero-order chi connectivity index (χ0) is 15.3. The van der Waals surface area contributed by atoms with E-state index in [4.69, 9.17) is 4.74 Å². The highest BCUT2D eigenvalue weighted by Crippen LogP contribution is 2.31. The minimum Gasteiger partial charge on any atom is -0.381 e. The molecule has 21 heavy (non-hydrogen) atoms. The Hall–Kier alpha value is -1.07. The molecule has 0 spiro atoms. The summed E-state index contributed by atoms with van der Waals surface area (Å²) in [6.45, 7) is 3.38. The number of rotatable bonds is 5. The Morgan fingerprint density at radius 3 is 2.38 bits per heavy atom. The van der Waals surface area contributed by atoms with E-state index < -0.39 is 18.6 Å². The number of ether oxygens (including phenoxy) is 1. The van der Waals surface area contributed by atoms with Crippen molar-refractivity contribution < 1.29 is 17.9 Å². The van der Waals surface area contributed by atoms with E-state index in [1.54, 1.807) is 24.3 Å². The quantitative estimate of drug-likeness (QED) is 0.884. The van der Waals surface area contributed by atoms with E-state index in [1.807, 2.05) is 13.0 Å². The molecule has 0 amide bonds. The van der Waals surface area contributed by atoms with Gasteiger partial charge in [0, 0.05) is 25.3 Å². The van der Waals surface area contributed by atoms with Crippen LogP contribution in [0.4, 0.5) is 13.2 Å². The van der Waals surface area contributed by atoms with Crippen molar-refractivity contribution in [1.29, 1.82) is 0 Å². The molecule has 2 nitrogen and oxygen atoms in total. The Labute approximate surface area is 123 Å². The third kappa shape index (κ3) is 5.32. The van der Waals surface area contributed by atoms with Gasteiger partial charge in [-0.1, -0.05) is 30.3 Å². The zero-order valence-corrected chi connectivity index (χ0v) is 12.2. The standard InChI is InChI=1S/C16H22F3NO/c1-12(13-7-9-21-10-8-13)20-15(11-16(17,18)19)14-5-3-2-4-6-14/h2-6,12-13,15,20H,7-11H2,1H3. The van der Waals surface area contributed by atoms with Crippen molar-refractivity contribution in [2.45, 2.75) is 44.4 Å². The van der Waals surface area contributed by atoms with Gasteiger partial charge in [0.15, 0.2) is 0 Å². The van der Waals surface area contributed by atoms with Crippen LogP contribution in [-0.4, -0.2) is 25.4 Å². The van der Waals surface area contributed by atoms with Gasteiger partial charge in [0.25, 0.3) is 0 Å². The highest BCUT2D eigenvalue weighted by Gasteiger charge is 2.34. The molecule has 1 N–H and O–H groups in total. The molecular weight excluding hydrogens is 279 g/mol. The van der Waals surface area contributed by atoms with Crippen LogP contribution in [0.2, 0.25) is 0 Å². The Morgan fingerprint density at radius 1 is 1.19 bits per heavy atom. The molecular formula is C16H22F3NO. The monoisotopic (exact) mass is 301 g/mol. The molecule has 1 heterocycles. The first kappa shape index (κ1) is 16.3. The smallest absolute Gasteiger partial charge is 0.381 e. The summed E-state index contributed by atoms with van der Waals surface area (Å²) in [5.41, 5.74) is 0.689. The van der Waals surface area contributed by atoms with Crippen LogP contribution in [0.5, 0.6) is 0 Å². The van der Waals surface area contributed by atoms with Gasteiger partial charge in [-0.25, -0.2) is 0 Å². The van der Waals surface area contributed by atoms with Crippen molar-refractivity contribution in [1.82, 2.24) is 5.32 Å².